The molecule has 1 amide bonds. The van der Waals surface area contributed by atoms with Gasteiger partial charge in [-0.3, -0.25) is 4.79 Å². The van der Waals surface area contributed by atoms with E-state index in [2.05, 4.69) is 5.10 Å². The van der Waals surface area contributed by atoms with Gasteiger partial charge in [0.15, 0.2) is 9.84 Å². The number of sulfone groups is 1. The third-order valence-corrected chi connectivity index (χ3v) is 5.43. The lowest BCUT2D eigenvalue weighted by atomic mass is 10.1. The van der Waals surface area contributed by atoms with Crippen LogP contribution in [0.15, 0.2) is 54.2 Å². The van der Waals surface area contributed by atoms with E-state index in [1.54, 1.807) is 28.9 Å². The van der Waals surface area contributed by atoms with Crippen LogP contribution in [0.4, 0.5) is 0 Å². The Kier molecular flexibility index (Phi) is 4.53. The first-order chi connectivity index (χ1) is 11.4. The number of carbonyl (C=O) groups excluding carboxylic acids is 1. The first-order valence-corrected chi connectivity index (χ1v) is 9.38. The fourth-order valence-electron chi connectivity index (χ4n) is 2.73. The van der Waals surface area contributed by atoms with Crippen LogP contribution in [-0.2, 0) is 21.2 Å². The van der Waals surface area contributed by atoms with Gasteiger partial charge in [0, 0.05) is 43.7 Å². The summed E-state index contributed by atoms with van der Waals surface area (Å²) >= 11 is 0. The van der Waals surface area contributed by atoms with E-state index in [1.807, 2.05) is 36.5 Å². The molecular weight excluding hydrogens is 326 g/mol. The number of hydrogen-bond donors (Lipinski definition) is 0. The maximum Gasteiger partial charge on any atom is 0.223 e. The van der Waals surface area contributed by atoms with Gasteiger partial charge in [-0.05, 0) is 23.8 Å². The van der Waals surface area contributed by atoms with Crippen LogP contribution >= 0.6 is 0 Å². The van der Waals surface area contributed by atoms with Crippen LogP contribution in [0.25, 0.3) is 5.69 Å². The molecule has 0 saturated carbocycles. The zero-order valence-electron chi connectivity index (χ0n) is 13.4. The molecule has 3 rings (SSSR count). The van der Waals surface area contributed by atoms with E-state index >= 15 is 0 Å². The standard InChI is InChI=1S/C17H19N3O3S/c1-19(17(21)11-15-6-9-24(22,23)13-15)12-14-4-2-5-16(10-14)20-8-3-7-18-20/h2-10,15H,11-13H2,1H3. The Bertz CT molecular complexity index is 857. The van der Waals surface area contributed by atoms with Crippen molar-refractivity contribution in [3.63, 3.8) is 0 Å². The monoisotopic (exact) mass is 345 g/mol. The van der Waals surface area contributed by atoms with Crippen molar-refractivity contribution in [3.8, 4) is 5.69 Å². The van der Waals surface area contributed by atoms with E-state index in [0.717, 1.165) is 11.3 Å². The SMILES string of the molecule is CN(Cc1cccc(-n2cccn2)c1)C(=O)CC1C=CS(=O)(=O)C1. The third-order valence-electron chi connectivity index (χ3n) is 3.97. The van der Waals surface area contributed by atoms with Gasteiger partial charge in [0.25, 0.3) is 0 Å². The molecule has 0 radical (unpaired) electrons. The maximum absolute atomic E-state index is 12.3. The molecule has 1 aliphatic rings. The summed E-state index contributed by atoms with van der Waals surface area (Å²) in [5.74, 6) is -0.256. The van der Waals surface area contributed by atoms with E-state index in [1.165, 1.54) is 5.41 Å². The quantitative estimate of drug-likeness (QED) is 0.828. The number of nitrogens with zero attached hydrogens (tertiary/aromatic N) is 3. The van der Waals surface area contributed by atoms with Crippen molar-refractivity contribution in [3.05, 3.63) is 59.8 Å². The summed E-state index contributed by atoms with van der Waals surface area (Å²) in [5, 5.41) is 5.40. The molecule has 0 N–H and O–H groups in total. The summed E-state index contributed by atoms with van der Waals surface area (Å²) in [6.45, 7) is 0.469. The van der Waals surface area contributed by atoms with Crippen molar-refractivity contribution in [1.29, 1.82) is 0 Å². The minimum absolute atomic E-state index is 0.0291. The molecule has 7 heteroatoms. The summed E-state index contributed by atoms with van der Waals surface area (Å²) in [6.07, 6.45) is 5.40. The van der Waals surface area contributed by atoms with Crippen LogP contribution in [0.1, 0.15) is 12.0 Å². The number of amides is 1. The number of carbonyl (C=O) groups is 1. The highest BCUT2D eigenvalue weighted by Crippen LogP contribution is 2.19. The van der Waals surface area contributed by atoms with Crippen LogP contribution in [0, 0.1) is 5.92 Å². The lowest BCUT2D eigenvalue weighted by molar-refractivity contribution is -0.130. The Balaban J connectivity index is 1.62. The lowest BCUT2D eigenvalue weighted by Gasteiger charge is -2.19. The van der Waals surface area contributed by atoms with Crippen molar-refractivity contribution < 1.29 is 13.2 Å². The first kappa shape index (κ1) is 16.4. The second-order valence-corrected chi connectivity index (χ2v) is 7.92. The van der Waals surface area contributed by atoms with Crippen molar-refractivity contribution >= 4 is 15.7 Å². The number of rotatable bonds is 5. The second kappa shape index (κ2) is 6.60. The molecule has 1 unspecified atom stereocenters. The summed E-state index contributed by atoms with van der Waals surface area (Å²) in [7, 11) is -1.39. The van der Waals surface area contributed by atoms with Crippen LogP contribution in [0.5, 0.6) is 0 Å². The molecule has 1 aromatic heterocycles. The highest BCUT2D eigenvalue weighted by atomic mass is 32.2. The molecule has 0 spiro atoms. The van der Waals surface area contributed by atoms with Gasteiger partial charge in [0.05, 0.1) is 11.4 Å². The molecule has 2 aromatic rings. The molecule has 0 saturated heterocycles. The predicted molar refractivity (Wildman–Crippen MR) is 91.1 cm³/mol. The lowest BCUT2D eigenvalue weighted by Crippen LogP contribution is -2.28. The minimum Gasteiger partial charge on any atom is -0.341 e. The topological polar surface area (TPSA) is 72.3 Å². The number of benzene rings is 1. The van der Waals surface area contributed by atoms with Gasteiger partial charge in [-0.15, -0.1) is 0 Å². The van der Waals surface area contributed by atoms with Crippen molar-refractivity contribution in [2.75, 3.05) is 12.8 Å². The van der Waals surface area contributed by atoms with Crippen molar-refractivity contribution in [2.24, 2.45) is 5.92 Å². The maximum atomic E-state index is 12.3. The molecule has 1 aliphatic heterocycles. The highest BCUT2D eigenvalue weighted by Gasteiger charge is 2.25. The fourth-order valence-corrected chi connectivity index (χ4v) is 4.13. The summed E-state index contributed by atoms with van der Waals surface area (Å²) in [5.41, 5.74) is 1.93. The van der Waals surface area contributed by atoms with Gasteiger partial charge in [0.2, 0.25) is 5.91 Å². The van der Waals surface area contributed by atoms with Gasteiger partial charge in [-0.25, -0.2) is 13.1 Å². The van der Waals surface area contributed by atoms with Crippen LogP contribution in [0.2, 0.25) is 0 Å². The van der Waals surface area contributed by atoms with E-state index < -0.39 is 9.84 Å². The van der Waals surface area contributed by atoms with Crippen LogP contribution in [-0.4, -0.2) is 41.8 Å². The highest BCUT2D eigenvalue weighted by molar-refractivity contribution is 7.94. The molecule has 1 atom stereocenters. The van der Waals surface area contributed by atoms with E-state index in [-0.39, 0.29) is 24.0 Å². The average Bonchev–Trinajstić information content (AvgIpc) is 3.17. The van der Waals surface area contributed by atoms with E-state index in [9.17, 15) is 13.2 Å². The molecule has 1 aromatic carbocycles. The molecular formula is C17H19N3O3S. The minimum atomic E-state index is -3.12. The van der Waals surface area contributed by atoms with Gasteiger partial charge in [0.1, 0.15) is 0 Å². The number of aromatic nitrogens is 2. The molecule has 126 valence electrons. The van der Waals surface area contributed by atoms with Crippen molar-refractivity contribution in [2.45, 2.75) is 13.0 Å². The van der Waals surface area contributed by atoms with Crippen molar-refractivity contribution in [1.82, 2.24) is 14.7 Å². The Morgan fingerprint density at radius 2 is 2.21 bits per heavy atom. The zero-order valence-corrected chi connectivity index (χ0v) is 14.2. The predicted octanol–water partition coefficient (Wildman–Crippen LogP) is 1.78. The molecule has 24 heavy (non-hydrogen) atoms. The largest absolute Gasteiger partial charge is 0.341 e. The number of allylic oxidation sites excluding steroid dienone is 1. The van der Waals surface area contributed by atoms with Gasteiger partial charge in [-0.1, -0.05) is 18.2 Å². The zero-order chi connectivity index (χ0) is 17.2. The van der Waals surface area contributed by atoms with E-state index in [4.69, 9.17) is 0 Å². The van der Waals surface area contributed by atoms with Crippen LogP contribution < -0.4 is 0 Å². The second-order valence-electron chi connectivity index (χ2n) is 5.99. The van der Waals surface area contributed by atoms with E-state index in [0.29, 0.717) is 6.54 Å². The van der Waals surface area contributed by atoms with Gasteiger partial charge in [-0.2, -0.15) is 5.10 Å². The summed E-state index contributed by atoms with van der Waals surface area (Å²) in [6, 6.07) is 9.67. The smallest absolute Gasteiger partial charge is 0.223 e. The van der Waals surface area contributed by atoms with Crippen LogP contribution in [0.3, 0.4) is 0 Å². The van der Waals surface area contributed by atoms with Gasteiger partial charge >= 0.3 is 0 Å². The Hall–Kier alpha value is -2.41. The summed E-state index contributed by atoms with van der Waals surface area (Å²) < 4.78 is 24.6. The van der Waals surface area contributed by atoms with Gasteiger partial charge < -0.3 is 4.90 Å². The third kappa shape index (κ3) is 3.91. The Morgan fingerprint density at radius 1 is 1.38 bits per heavy atom. The molecule has 6 nitrogen and oxygen atoms in total. The number of hydrogen-bond acceptors (Lipinski definition) is 4. The first-order valence-electron chi connectivity index (χ1n) is 7.67. The Morgan fingerprint density at radius 3 is 2.88 bits per heavy atom. The summed E-state index contributed by atoms with van der Waals surface area (Å²) in [4.78, 5) is 13.9. The Labute approximate surface area is 141 Å². The molecule has 2 heterocycles. The molecule has 0 fully saturated rings. The normalized spacial score (nSPS) is 18.6. The fraction of sp³-hybridized carbons (Fsp3) is 0.294. The molecule has 0 bridgehead atoms. The average molecular weight is 345 g/mol. The molecule has 0 aliphatic carbocycles.